The lowest BCUT2D eigenvalue weighted by Crippen LogP contribution is -2.01. The Balaban J connectivity index is 2.23. The van der Waals surface area contributed by atoms with Crippen LogP contribution in [0.3, 0.4) is 0 Å². The van der Waals surface area contributed by atoms with E-state index in [1.165, 1.54) is 30.5 Å². The molecular formula is C15H16O5. The molecule has 2 rings (SSSR count). The molecule has 0 fully saturated rings. The van der Waals surface area contributed by atoms with E-state index in [0.717, 1.165) is 0 Å². The van der Waals surface area contributed by atoms with E-state index in [1.54, 1.807) is 12.1 Å². The molecule has 0 aliphatic carbocycles. The van der Waals surface area contributed by atoms with E-state index in [2.05, 4.69) is 0 Å². The smallest absolute Gasteiger partial charge is 0.157 e. The van der Waals surface area contributed by atoms with Gasteiger partial charge in [-0.2, -0.15) is 0 Å². The Morgan fingerprint density at radius 3 is 2.55 bits per heavy atom. The van der Waals surface area contributed by atoms with Gasteiger partial charge in [-0.05, 0) is 36.6 Å². The van der Waals surface area contributed by atoms with E-state index in [9.17, 15) is 20.4 Å². The summed E-state index contributed by atoms with van der Waals surface area (Å²) in [7, 11) is 0. The summed E-state index contributed by atoms with van der Waals surface area (Å²) in [6.07, 6.45) is 6.22. The minimum atomic E-state index is -0.354. The number of hydrogen-bond donors (Lipinski definition) is 4. The first-order valence-corrected chi connectivity index (χ1v) is 6.20. The normalized spacial score (nSPS) is 26.5. The largest absolute Gasteiger partial charge is 0.508 e. The van der Waals surface area contributed by atoms with Crippen LogP contribution in [0.5, 0.6) is 11.5 Å². The number of phenols is 2. The average Bonchev–Trinajstić information content (AvgIpc) is 2.40. The van der Waals surface area contributed by atoms with Gasteiger partial charge >= 0.3 is 0 Å². The van der Waals surface area contributed by atoms with Crippen molar-refractivity contribution < 1.29 is 25.2 Å². The molecule has 1 aliphatic rings. The van der Waals surface area contributed by atoms with Crippen LogP contribution in [-0.2, 0) is 4.74 Å². The van der Waals surface area contributed by atoms with Crippen LogP contribution in [0.2, 0.25) is 0 Å². The molecule has 20 heavy (non-hydrogen) atoms. The SMILES string of the molecule is OC1=C\CCC(c2ccc(O)c(O)c2)O/C=C/C(O)=C\1. The van der Waals surface area contributed by atoms with Crippen molar-refractivity contribution in [3.63, 3.8) is 0 Å². The lowest BCUT2D eigenvalue weighted by molar-refractivity contribution is 0.136. The molecule has 106 valence electrons. The fourth-order valence-corrected chi connectivity index (χ4v) is 1.90. The topological polar surface area (TPSA) is 90.2 Å². The quantitative estimate of drug-likeness (QED) is 0.591. The molecule has 0 amide bonds. The summed E-state index contributed by atoms with van der Waals surface area (Å²) < 4.78 is 5.52. The molecule has 0 radical (unpaired) electrons. The third-order valence-corrected chi connectivity index (χ3v) is 2.93. The van der Waals surface area contributed by atoms with E-state index in [1.807, 2.05) is 0 Å². The fourth-order valence-electron chi connectivity index (χ4n) is 1.90. The first-order valence-electron chi connectivity index (χ1n) is 6.20. The van der Waals surface area contributed by atoms with Gasteiger partial charge in [0.25, 0.3) is 0 Å². The molecule has 4 N–H and O–H groups in total. The van der Waals surface area contributed by atoms with E-state index in [0.29, 0.717) is 18.4 Å². The van der Waals surface area contributed by atoms with Crippen LogP contribution >= 0.6 is 0 Å². The number of aromatic hydroxyl groups is 2. The zero-order valence-electron chi connectivity index (χ0n) is 10.7. The molecule has 0 bridgehead atoms. The summed E-state index contributed by atoms with van der Waals surface area (Å²) >= 11 is 0. The van der Waals surface area contributed by atoms with Crippen LogP contribution in [0.1, 0.15) is 24.5 Å². The summed E-state index contributed by atoms with van der Waals surface area (Å²) in [6, 6.07) is 4.47. The number of ether oxygens (including phenoxy) is 1. The van der Waals surface area contributed by atoms with Gasteiger partial charge in [-0.1, -0.05) is 6.07 Å². The summed E-state index contributed by atoms with van der Waals surface area (Å²) in [5.74, 6) is -0.537. The van der Waals surface area contributed by atoms with Crippen molar-refractivity contribution >= 4 is 0 Å². The maximum atomic E-state index is 9.52. The van der Waals surface area contributed by atoms with E-state index in [4.69, 9.17) is 4.74 Å². The predicted octanol–water partition coefficient (Wildman–Crippen LogP) is 3.35. The molecule has 0 saturated heterocycles. The molecule has 1 aliphatic heterocycles. The second-order valence-corrected chi connectivity index (χ2v) is 4.45. The molecular weight excluding hydrogens is 260 g/mol. The van der Waals surface area contributed by atoms with Crippen LogP contribution in [0.4, 0.5) is 0 Å². The number of phenolic OH excluding ortho intramolecular Hbond substituents is 2. The fraction of sp³-hybridized carbons (Fsp3) is 0.200. The number of rotatable bonds is 1. The second kappa shape index (κ2) is 6.06. The Kier molecular flexibility index (Phi) is 4.20. The highest BCUT2D eigenvalue weighted by atomic mass is 16.5. The monoisotopic (exact) mass is 276 g/mol. The minimum absolute atomic E-state index is 0.0126. The van der Waals surface area contributed by atoms with Crippen LogP contribution < -0.4 is 0 Å². The lowest BCUT2D eigenvalue weighted by Gasteiger charge is -2.17. The highest BCUT2D eigenvalue weighted by Crippen LogP contribution is 2.31. The minimum Gasteiger partial charge on any atom is -0.508 e. The van der Waals surface area contributed by atoms with Crippen molar-refractivity contribution in [2.75, 3.05) is 0 Å². The summed E-state index contributed by atoms with van der Waals surface area (Å²) in [5.41, 5.74) is 0.696. The molecule has 0 spiro atoms. The molecule has 0 aromatic heterocycles. The highest BCUT2D eigenvalue weighted by molar-refractivity contribution is 5.41. The average molecular weight is 276 g/mol. The molecule has 5 heteroatoms. The van der Waals surface area contributed by atoms with Crippen molar-refractivity contribution in [2.24, 2.45) is 0 Å². The van der Waals surface area contributed by atoms with Crippen molar-refractivity contribution in [1.82, 2.24) is 0 Å². The van der Waals surface area contributed by atoms with Gasteiger partial charge in [0.15, 0.2) is 11.5 Å². The summed E-state index contributed by atoms with van der Waals surface area (Å²) in [6.45, 7) is 0. The van der Waals surface area contributed by atoms with E-state index < -0.39 is 0 Å². The van der Waals surface area contributed by atoms with Gasteiger partial charge in [-0.25, -0.2) is 0 Å². The lowest BCUT2D eigenvalue weighted by atomic mass is 10.0. The number of aliphatic hydroxyl groups is 2. The van der Waals surface area contributed by atoms with Gasteiger partial charge < -0.3 is 25.2 Å². The van der Waals surface area contributed by atoms with Crippen LogP contribution in [-0.4, -0.2) is 20.4 Å². The molecule has 1 aromatic carbocycles. The van der Waals surface area contributed by atoms with E-state index >= 15 is 0 Å². The molecule has 5 nitrogen and oxygen atoms in total. The van der Waals surface area contributed by atoms with Gasteiger partial charge in [0.2, 0.25) is 0 Å². The van der Waals surface area contributed by atoms with Gasteiger partial charge in [-0.3, -0.25) is 0 Å². The molecule has 1 unspecified atom stereocenters. The highest BCUT2D eigenvalue weighted by Gasteiger charge is 2.14. The van der Waals surface area contributed by atoms with Crippen molar-refractivity contribution in [2.45, 2.75) is 18.9 Å². The second-order valence-electron chi connectivity index (χ2n) is 4.45. The first kappa shape index (κ1) is 13.9. The summed E-state index contributed by atoms with van der Waals surface area (Å²) in [4.78, 5) is 0. The van der Waals surface area contributed by atoms with Crippen LogP contribution in [0.25, 0.3) is 0 Å². The van der Waals surface area contributed by atoms with Gasteiger partial charge in [0.05, 0.1) is 6.26 Å². The molecule has 1 atom stereocenters. The number of hydrogen-bond acceptors (Lipinski definition) is 5. The summed E-state index contributed by atoms with van der Waals surface area (Å²) in [5, 5.41) is 37.8. The van der Waals surface area contributed by atoms with Gasteiger partial charge in [-0.15, -0.1) is 0 Å². The number of allylic oxidation sites excluding steroid dienone is 3. The Bertz CT molecular complexity index is 572. The molecule has 0 saturated carbocycles. The van der Waals surface area contributed by atoms with Gasteiger partial charge in [0, 0.05) is 12.2 Å². The zero-order chi connectivity index (χ0) is 14.5. The van der Waals surface area contributed by atoms with Crippen molar-refractivity contribution in [1.29, 1.82) is 0 Å². The Hall–Kier alpha value is -2.56. The zero-order valence-corrected chi connectivity index (χ0v) is 10.7. The van der Waals surface area contributed by atoms with Crippen molar-refractivity contribution in [3.05, 3.63) is 59.8 Å². The standard InChI is InChI=1S/C15H16O5/c16-11-2-1-3-15(20-7-6-12(17)9-11)10-4-5-13(18)14(19)8-10/h2,4-9,15-19H,1,3H2/b7-6+,11-2-,12-9+. The molecule has 1 aromatic rings. The van der Waals surface area contributed by atoms with Crippen molar-refractivity contribution in [3.8, 4) is 11.5 Å². The predicted molar refractivity (Wildman–Crippen MR) is 73.4 cm³/mol. The Morgan fingerprint density at radius 2 is 1.80 bits per heavy atom. The van der Waals surface area contributed by atoms with Gasteiger partial charge in [0.1, 0.15) is 17.6 Å². The molecule has 1 heterocycles. The third kappa shape index (κ3) is 3.47. The first-order chi connectivity index (χ1) is 9.56. The number of aliphatic hydroxyl groups excluding tert-OH is 2. The van der Waals surface area contributed by atoms with E-state index in [-0.39, 0.29) is 29.1 Å². The maximum Gasteiger partial charge on any atom is 0.157 e. The third-order valence-electron chi connectivity index (χ3n) is 2.93. The number of benzene rings is 1. The Morgan fingerprint density at radius 1 is 1.00 bits per heavy atom. The van der Waals surface area contributed by atoms with Crippen LogP contribution in [0.15, 0.2) is 54.2 Å². The van der Waals surface area contributed by atoms with Crippen LogP contribution in [0, 0.1) is 0 Å². The Labute approximate surface area is 116 Å². The maximum absolute atomic E-state index is 9.52.